The maximum absolute atomic E-state index is 5.12. The minimum Gasteiger partial charge on any atom is -0.363 e. The van der Waals surface area contributed by atoms with Crippen LogP contribution in [0, 0.1) is 6.92 Å². The Morgan fingerprint density at radius 2 is 2.29 bits per heavy atom. The Bertz CT molecular complexity index is 294. The van der Waals surface area contributed by atoms with Crippen molar-refractivity contribution in [3.63, 3.8) is 0 Å². The molecule has 4 heteroatoms. The van der Waals surface area contributed by atoms with E-state index in [4.69, 9.17) is 12.2 Å². The van der Waals surface area contributed by atoms with Crippen LogP contribution >= 0.6 is 23.6 Å². The lowest BCUT2D eigenvalue weighted by Gasteiger charge is -2.08. The molecule has 0 amide bonds. The molecule has 0 aliphatic heterocycles. The molecular weight excluding hydrogens is 212 g/mol. The van der Waals surface area contributed by atoms with Crippen molar-refractivity contribution in [3.8, 4) is 0 Å². The van der Waals surface area contributed by atoms with Crippen molar-refractivity contribution in [2.24, 2.45) is 0 Å². The summed E-state index contributed by atoms with van der Waals surface area (Å²) in [5.74, 6) is 0. The quantitative estimate of drug-likeness (QED) is 0.774. The third-order valence-corrected chi connectivity index (χ3v) is 3.22. The molecule has 1 heterocycles. The van der Waals surface area contributed by atoms with Gasteiger partial charge in [-0.1, -0.05) is 6.92 Å². The Morgan fingerprint density at radius 1 is 1.50 bits per heavy atom. The van der Waals surface area contributed by atoms with Gasteiger partial charge in [0, 0.05) is 11.4 Å². The number of nitrogens with one attached hydrogen (secondary N) is 2. The largest absolute Gasteiger partial charge is 0.363 e. The lowest BCUT2D eigenvalue weighted by Crippen LogP contribution is -2.35. The Kier molecular flexibility index (Phi) is 4.90. The molecule has 78 valence electrons. The van der Waals surface area contributed by atoms with Gasteiger partial charge in [-0.05, 0) is 42.6 Å². The molecule has 1 aromatic heterocycles. The molecule has 1 aromatic rings. The third-order valence-electron chi connectivity index (χ3n) is 1.91. The minimum atomic E-state index is 0.750. The van der Waals surface area contributed by atoms with Gasteiger partial charge in [0.2, 0.25) is 0 Å². The Hall–Kier alpha value is -0.610. The van der Waals surface area contributed by atoms with Crippen LogP contribution in [0.2, 0.25) is 0 Å². The van der Waals surface area contributed by atoms with E-state index in [1.54, 1.807) is 11.3 Å². The summed E-state index contributed by atoms with van der Waals surface area (Å²) >= 11 is 6.88. The molecule has 0 aromatic carbocycles. The monoisotopic (exact) mass is 228 g/mol. The van der Waals surface area contributed by atoms with E-state index in [1.165, 1.54) is 10.4 Å². The van der Waals surface area contributed by atoms with Crippen molar-refractivity contribution >= 4 is 28.7 Å². The Balaban J connectivity index is 2.27. The van der Waals surface area contributed by atoms with Crippen LogP contribution < -0.4 is 10.6 Å². The van der Waals surface area contributed by atoms with E-state index in [9.17, 15) is 0 Å². The first kappa shape index (κ1) is 11.5. The predicted octanol–water partition coefficient (Wildman–Crippen LogP) is 2.43. The molecule has 0 aliphatic rings. The van der Waals surface area contributed by atoms with Crippen LogP contribution in [0.25, 0.3) is 0 Å². The molecule has 0 unspecified atom stereocenters. The molecule has 0 saturated heterocycles. The van der Waals surface area contributed by atoms with Crippen molar-refractivity contribution in [1.29, 1.82) is 0 Å². The van der Waals surface area contributed by atoms with E-state index in [0.29, 0.717) is 0 Å². The fourth-order valence-electron chi connectivity index (χ4n) is 1.05. The Morgan fingerprint density at radius 3 is 2.86 bits per heavy atom. The van der Waals surface area contributed by atoms with Crippen LogP contribution in [0.4, 0.5) is 0 Å². The second-order valence-electron chi connectivity index (χ2n) is 3.14. The molecule has 0 aliphatic carbocycles. The van der Waals surface area contributed by atoms with E-state index >= 15 is 0 Å². The van der Waals surface area contributed by atoms with Gasteiger partial charge in [-0.3, -0.25) is 0 Å². The number of hydrogen-bond acceptors (Lipinski definition) is 2. The standard InChI is InChI=1S/C10H16N2S2/c1-3-5-11-10(13)12-7-9-8(2)4-6-14-9/h4,6H,3,5,7H2,1-2H3,(H2,11,12,13). The summed E-state index contributed by atoms with van der Waals surface area (Å²) in [6.45, 7) is 6.02. The predicted molar refractivity (Wildman–Crippen MR) is 66.8 cm³/mol. The maximum atomic E-state index is 5.12. The molecular formula is C10H16N2S2. The third kappa shape index (κ3) is 3.64. The normalized spacial score (nSPS) is 9.86. The maximum Gasteiger partial charge on any atom is 0.166 e. The molecule has 14 heavy (non-hydrogen) atoms. The smallest absolute Gasteiger partial charge is 0.166 e. The summed E-state index contributed by atoms with van der Waals surface area (Å²) in [5.41, 5.74) is 1.33. The van der Waals surface area contributed by atoms with Crippen LogP contribution in [0.15, 0.2) is 11.4 Å². The summed E-state index contributed by atoms with van der Waals surface area (Å²) < 4.78 is 0. The van der Waals surface area contributed by atoms with Crippen LogP contribution in [0.3, 0.4) is 0 Å². The van der Waals surface area contributed by atoms with Crippen molar-refractivity contribution in [2.75, 3.05) is 6.54 Å². The van der Waals surface area contributed by atoms with Gasteiger partial charge in [0.25, 0.3) is 0 Å². The van der Waals surface area contributed by atoms with Gasteiger partial charge in [0.15, 0.2) is 5.11 Å². The highest BCUT2D eigenvalue weighted by Crippen LogP contribution is 2.14. The van der Waals surface area contributed by atoms with Crippen LogP contribution in [0.1, 0.15) is 23.8 Å². The van der Waals surface area contributed by atoms with E-state index in [1.807, 2.05) is 0 Å². The van der Waals surface area contributed by atoms with Crippen LogP contribution in [-0.4, -0.2) is 11.7 Å². The highest BCUT2D eigenvalue weighted by Gasteiger charge is 1.99. The fraction of sp³-hybridized carbons (Fsp3) is 0.500. The van der Waals surface area contributed by atoms with Gasteiger partial charge in [-0.15, -0.1) is 11.3 Å². The molecule has 2 nitrogen and oxygen atoms in total. The molecule has 0 atom stereocenters. The molecule has 0 radical (unpaired) electrons. The van der Waals surface area contributed by atoms with E-state index in [-0.39, 0.29) is 0 Å². The second-order valence-corrected chi connectivity index (χ2v) is 4.55. The van der Waals surface area contributed by atoms with Crippen molar-refractivity contribution in [3.05, 3.63) is 21.9 Å². The lowest BCUT2D eigenvalue weighted by molar-refractivity contribution is 0.802. The van der Waals surface area contributed by atoms with Crippen molar-refractivity contribution in [2.45, 2.75) is 26.8 Å². The number of thiophene rings is 1. The first-order valence-electron chi connectivity index (χ1n) is 4.78. The first-order valence-corrected chi connectivity index (χ1v) is 6.07. The van der Waals surface area contributed by atoms with Gasteiger partial charge >= 0.3 is 0 Å². The molecule has 1 rings (SSSR count). The van der Waals surface area contributed by atoms with Crippen LogP contribution in [0.5, 0.6) is 0 Å². The molecule has 2 N–H and O–H groups in total. The Labute approximate surface area is 94.7 Å². The second kappa shape index (κ2) is 5.98. The number of hydrogen-bond donors (Lipinski definition) is 2. The zero-order valence-electron chi connectivity index (χ0n) is 8.59. The average Bonchev–Trinajstić information content (AvgIpc) is 2.58. The molecule has 0 saturated carbocycles. The van der Waals surface area contributed by atoms with Crippen molar-refractivity contribution in [1.82, 2.24) is 10.6 Å². The van der Waals surface area contributed by atoms with E-state index < -0.39 is 0 Å². The summed E-state index contributed by atoms with van der Waals surface area (Å²) in [5, 5.41) is 9.19. The summed E-state index contributed by atoms with van der Waals surface area (Å²) in [6, 6.07) is 2.13. The summed E-state index contributed by atoms with van der Waals surface area (Å²) in [6.07, 6.45) is 1.10. The SMILES string of the molecule is CCCNC(=S)NCc1sccc1C. The molecule has 0 bridgehead atoms. The summed E-state index contributed by atoms with van der Waals surface area (Å²) in [4.78, 5) is 1.35. The number of aryl methyl sites for hydroxylation is 1. The van der Waals surface area contributed by atoms with Gasteiger partial charge in [0.1, 0.15) is 0 Å². The first-order chi connectivity index (χ1) is 6.74. The van der Waals surface area contributed by atoms with Gasteiger partial charge in [-0.2, -0.15) is 0 Å². The van der Waals surface area contributed by atoms with Gasteiger partial charge in [0.05, 0.1) is 6.54 Å². The van der Waals surface area contributed by atoms with Gasteiger partial charge < -0.3 is 10.6 Å². The number of thiocarbonyl (C=S) groups is 1. The van der Waals surface area contributed by atoms with Crippen molar-refractivity contribution < 1.29 is 0 Å². The van der Waals surface area contributed by atoms with E-state index in [2.05, 4.69) is 35.9 Å². The zero-order valence-corrected chi connectivity index (χ0v) is 10.2. The molecule has 0 fully saturated rings. The average molecular weight is 228 g/mol. The fourth-order valence-corrected chi connectivity index (χ4v) is 2.07. The highest BCUT2D eigenvalue weighted by atomic mass is 32.1. The minimum absolute atomic E-state index is 0.750. The summed E-state index contributed by atoms with van der Waals surface area (Å²) in [7, 11) is 0. The zero-order chi connectivity index (χ0) is 10.4. The van der Waals surface area contributed by atoms with Crippen LogP contribution in [-0.2, 0) is 6.54 Å². The number of rotatable bonds is 4. The topological polar surface area (TPSA) is 24.1 Å². The van der Waals surface area contributed by atoms with E-state index in [0.717, 1.165) is 24.6 Å². The molecule has 0 spiro atoms. The highest BCUT2D eigenvalue weighted by molar-refractivity contribution is 7.80. The lowest BCUT2D eigenvalue weighted by atomic mass is 10.3. The van der Waals surface area contributed by atoms with Gasteiger partial charge in [-0.25, -0.2) is 0 Å².